The zero-order valence-corrected chi connectivity index (χ0v) is 20.0. The van der Waals surface area contributed by atoms with Gasteiger partial charge in [0.2, 0.25) is 17.7 Å². The molecule has 174 valence electrons. The van der Waals surface area contributed by atoms with Crippen LogP contribution in [0.5, 0.6) is 0 Å². The molecule has 0 aromatic rings. The summed E-state index contributed by atoms with van der Waals surface area (Å²) in [5, 5.41) is 17.1. The molecule has 0 saturated carbocycles. The summed E-state index contributed by atoms with van der Waals surface area (Å²) in [7, 11) is 0. The summed E-state index contributed by atoms with van der Waals surface area (Å²) in [6.07, 6.45) is 2.56. The number of carboxylic acid groups (broad SMARTS) is 1. The average molecular weight is 465 g/mol. The van der Waals surface area contributed by atoms with Crippen LogP contribution in [0.25, 0.3) is 0 Å². The van der Waals surface area contributed by atoms with E-state index in [0.717, 1.165) is 0 Å². The summed E-state index contributed by atoms with van der Waals surface area (Å²) >= 11 is 5.51. The Morgan fingerprint density at radius 1 is 0.967 bits per heavy atom. The van der Waals surface area contributed by atoms with E-state index in [1.807, 2.05) is 20.1 Å². The van der Waals surface area contributed by atoms with Crippen LogP contribution in [0.4, 0.5) is 0 Å². The van der Waals surface area contributed by atoms with Crippen LogP contribution in [0.15, 0.2) is 0 Å². The lowest BCUT2D eigenvalue weighted by Crippen LogP contribution is -2.58. The Morgan fingerprint density at radius 2 is 1.50 bits per heavy atom. The number of aliphatic carboxylic acids is 1. The zero-order chi connectivity index (χ0) is 23.4. The van der Waals surface area contributed by atoms with E-state index in [-0.39, 0.29) is 17.6 Å². The second kappa shape index (κ2) is 14.5. The normalized spacial score (nSPS) is 15.2. The topological polar surface area (TPSA) is 151 Å². The Bertz CT molecular complexity index is 589. The lowest BCUT2D eigenvalue weighted by molar-refractivity contribution is -0.143. The third-order valence-corrected chi connectivity index (χ3v) is 5.39. The molecule has 0 heterocycles. The van der Waals surface area contributed by atoms with E-state index in [4.69, 9.17) is 5.73 Å². The van der Waals surface area contributed by atoms with E-state index in [1.165, 1.54) is 11.8 Å². The number of amides is 3. The third kappa shape index (κ3) is 10.5. The first-order chi connectivity index (χ1) is 13.9. The predicted molar refractivity (Wildman–Crippen MR) is 123 cm³/mol. The number of carboxylic acids is 1. The number of carbonyl (C=O) groups is 4. The van der Waals surface area contributed by atoms with Gasteiger partial charge in [0.15, 0.2) is 0 Å². The molecule has 0 aromatic carbocycles. The van der Waals surface area contributed by atoms with Gasteiger partial charge in [-0.15, -0.1) is 0 Å². The number of nitrogens with one attached hydrogen (secondary N) is 3. The lowest BCUT2D eigenvalue weighted by atomic mass is 10.00. The maximum atomic E-state index is 12.9. The molecule has 0 aromatic heterocycles. The monoisotopic (exact) mass is 464 g/mol. The van der Waals surface area contributed by atoms with Gasteiger partial charge < -0.3 is 26.8 Å². The molecule has 6 N–H and O–H groups in total. The molecular formula is C19H36N4O5S2. The molecule has 0 fully saturated rings. The number of thiol groups is 1. The SMILES string of the molecule is CSCCC(NC(=O)C(N)CS)C(=O)NC(CC(C)C)C(=O)NC(C(=O)O)C(C)C. The summed E-state index contributed by atoms with van der Waals surface area (Å²) in [6, 6.07) is -3.71. The van der Waals surface area contributed by atoms with Crippen LogP contribution in [0.1, 0.15) is 40.5 Å². The summed E-state index contributed by atoms with van der Waals surface area (Å²) in [6.45, 7) is 7.16. The first-order valence-corrected chi connectivity index (χ1v) is 12.0. The summed E-state index contributed by atoms with van der Waals surface area (Å²) in [5.74, 6) is -2.23. The Labute approximate surface area is 188 Å². The molecule has 0 saturated heterocycles. The van der Waals surface area contributed by atoms with E-state index in [0.29, 0.717) is 18.6 Å². The Balaban J connectivity index is 5.40. The van der Waals surface area contributed by atoms with Crippen LogP contribution >= 0.6 is 24.4 Å². The van der Waals surface area contributed by atoms with Crippen molar-refractivity contribution < 1.29 is 24.3 Å². The van der Waals surface area contributed by atoms with Gasteiger partial charge in [0, 0.05) is 5.75 Å². The summed E-state index contributed by atoms with van der Waals surface area (Å²) in [5.41, 5.74) is 5.68. The van der Waals surface area contributed by atoms with Crippen molar-refractivity contribution in [2.75, 3.05) is 17.8 Å². The predicted octanol–water partition coefficient (Wildman–Crippen LogP) is 0.238. The fourth-order valence-electron chi connectivity index (χ4n) is 2.61. The minimum atomic E-state index is -1.14. The van der Waals surface area contributed by atoms with Gasteiger partial charge >= 0.3 is 5.97 Å². The molecule has 30 heavy (non-hydrogen) atoms. The number of hydrogen-bond donors (Lipinski definition) is 6. The van der Waals surface area contributed by atoms with Gasteiger partial charge in [-0.05, 0) is 36.7 Å². The molecule has 0 bridgehead atoms. The quantitative estimate of drug-likeness (QED) is 0.202. The first kappa shape index (κ1) is 28.5. The minimum absolute atomic E-state index is 0.0696. The molecular weight excluding hydrogens is 428 g/mol. The van der Waals surface area contributed by atoms with Crippen LogP contribution in [-0.2, 0) is 19.2 Å². The summed E-state index contributed by atoms with van der Waals surface area (Å²) in [4.78, 5) is 49.1. The maximum Gasteiger partial charge on any atom is 0.326 e. The smallest absolute Gasteiger partial charge is 0.326 e. The Hall–Kier alpha value is -1.46. The van der Waals surface area contributed by atoms with Gasteiger partial charge in [0.25, 0.3) is 0 Å². The number of rotatable bonds is 14. The molecule has 0 aliphatic heterocycles. The molecule has 9 nitrogen and oxygen atoms in total. The maximum absolute atomic E-state index is 12.9. The number of nitrogens with two attached hydrogens (primary N) is 1. The van der Waals surface area contributed by atoms with Crippen molar-refractivity contribution in [2.24, 2.45) is 17.6 Å². The van der Waals surface area contributed by atoms with Gasteiger partial charge in [-0.1, -0.05) is 27.7 Å². The Morgan fingerprint density at radius 3 is 1.93 bits per heavy atom. The van der Waals surface area contributed by atoms with Gasteiger partial charge in [0.05, 0.1) is 6.04 Å². The largest absolute Gasteiger partial charge is 0.480 e. The van der Waals surface area contributed by atoms with E-state index in [1.54, 1.807) is 13.8 Å². The van der Waals surface area contributed by atoms with Crippen LogP contribution in [0.2, 0.25) is 0 Å². The highest BCUT2D eigenvalue weighted by molar-refractivity contribution is 7.98. The van der Waals surface area contributed by atoms with Crippen molar-refractivity contribution in [3.63, 3.8) is 0 Å². The van der Waals surface area contributed by atoms with Crippen molar-refractivity contribution in [2.45, 2.75) is 64.7 Å². The van der Waals surface area contributed by atoms with E-state index >= 15 is 0 Å². The molecule has 0 aliphatic carbocycles. The van der Waals surface area contributed by atoms with E-state index < -0.39 is 47.9 Å². The van der Waals surface area contributed by atoms with Crippen molar-refractivity contribution in [1.82, 2.24) is 16.0 Å². The average Bonchev–Trinajstić information content (AvgIpc) is 2.66. The molecule has 0 radical (unpaired) electrons. The van der Waals surface area contributed by atoms with E-state index in [9.17, 15) is 24.3 Å². The van der Waals surface area contributed by atoms with Crippen LogP contribution in [0, 0.1) is 11.8 Å². The highest BCUT2D eigenvalue weighted by Crippen LogP contribution is 2.09. The first-order valence-electron chi connectivity index (χ1n) is 9.93. The van der Waals surface area contributed by atoms with Crippen molar-refractivity contribution in [3.8, 4) is 0 Å². The number of hydrogen-bond acceptors (Lipinski definition) is 7. The molecule has 4 atom stereocenters. The fraction of sp³-hybridized carbons (Fsp3) is 0.789. The minimum Gasteiger partial charge on any atom is -0.480 e. The van der Waals surface area contributed by atoms with Crippen LogP contribution in [0.3, 0.4) is 0 Å². The molecule has 0 aliphatic rings. The van der Waals surface area contributed by atoms with Crippen molar-refractivity contribution in [1.29, 1.82) is 0 Å². The molecule has 0 rings (SSSR count). The highest BCUT2D eigenvalue weighted by atomic mass is 32.2. The molecule has 11 heteroatoms. The second-order valence-electron chi connectivity index (χ2n) is 7.89. The molecule has 0 spiro atoms. The number of carbonyl (C=O) groups excluding carboxylic acids is 3. The van der Waals surface area contributed by atoms with Gasteiger partial charge in [-0.25, -0.2) is 4.79 Å². The fourth-order valence-corrected chi connectivity index (χ4v) is 3.25. The Kier molecular flexibility index (Phi) is 13.8. The standard InChI is InChI=1S/C19H36N4O5S2/c1-10(2)8-14(18(26)23-15(11(3)4)19(27)28)22-17(25)13(6-7-30-5)21-16(24)12(20)9-29/h10-15,29H,6-9,20H2,1-5H3,(H,21,24)(H,22,25)(H,23,26)(H,27,28). The van der Waals surface area contributed by atoms with Gasteiger partial charge in [-0.3, -0.25) is 14.4 Å². The third-order valence-electron chi connectivity index (χ3n) is 4.35. The number of thioether (sulfide) groups is 1. The molecule has 4 unspecified atom stereocenters. The highest BCUT2D eigenvalue weighted by Gasteiger charge is 2.31. The second-order valence-corrected chi connectivity index (χ2v) is 9.24. The van der Waals surface area contributed by atoms with E-state index in [2.05, 4.69) is 28.6 Å². The summed E-state index contributed by atoms with van der Waals surface area (Å²) < 4.78 is 0. The van der Waals surface area contributed by atoms with Crippen molar-refractivity contribution in [3.05, 3.63) is 0 Å². The van der Waals surface area contributed by atoms with Crippen LogP contribution in [-0.4, -0.2) is 70.7 Å². The lowest BCUT2D eigenvalue weighted by Gasteiger charge is -2.26. The van der Waals surface area contributed by atoms with Crippen molar-refractivity contribution >= 4 is 48.1 Å². The molecule has 3 amide bonds. The van der Waals surface area contributed by atoms with Gasteiger partial charge in [0.1, 0.15) is 18.1 Å². The zero-order valence-electron chi connectivity index (χ0n) is 18.3. The van der Waals surface area contributed by atoms with Crippen LogP contribution < -0.4 is 21.7 Å². The van der Waals surface area contributed by atoms with Gasteiger partial charge in [-0.2, -0.15) is 24.4 Å².